The number of nitrogens with one attached hydrogen (secondary N) is 1. The summed E-state index contributed by atoms with van der Waals surface area (Å²) in [5.41, 5.74) is 1.76. The van der Waals surface area contributed by atoms with E-state index in [0.717, 1.165) is 18.4 Å². The predicted molar refractivity (Wildman–Crippen MR) is 104 cm³/mol. The van der Waals surface area contributed by atoms with E-state index >= 15 is 0 Å². The van der Waals surface area contributed by atoms with Crippen LogP contribution in [0, 0.1) is 18.8 Å². The standard InChI is InChI=1S/C21H32N2O4/c1-15(2)13-27-14-19(24)11-22-20(25)18-5-4-10-23(12-18)21(26)17-8-6-16(3)7-9-17/h6-9,15,18-19,24H,4-5,10-14H2,1-3H3,(H,22,25)/t18-,19+/m1/s1. The van der Waals surface area contributed by atoms with Crippen molar-refractivity contribution in [3.63, 3.8) is 0 Å². The molecule has 2 amide bonds. The van der Waals surface area contributed by atoms with Crippen molar-refractivity contribution in [2.24, 2.45) is 11.8 Å². The Labute approximate surface area is 161 Å². The van der Waals surface area contributed by atoms with E-state index in [1.165, 1.54) is 0 Å². The Hall–Kier alpha value is -1.92. The number of carbonyl (C=O) groups is 2. The van der Waals surface area contributed by atoms with Crippen molar-refractivity contribution in [1.82, 2.24) is 10.2 Å². The van der Waals surface area contributed by atoms with Crippen molar-refractivity contribution >= 4 is 11.8 Å². The highest BCUT2D eigenvalue weighted by atomic mass is 16.5. The van der Waals surface area contributed by atoms with E-state index in [2.05, 4.69) is 5.32 Å². The van der Waals surface area contributed by atoms with Gasteiger partial charge in [0.2, 0.25) is 5.91 Å². The van der Waals surface area contributed by atoms with Crippen molar-refractivity contribution in [2.45, 2.75) is 39.7 Å². The number of aliphatic hydroxyl groups excluding tert-OH is 1. The monoisotopic (exact) mass is 376 g/mol. The van der Waals surface area contributed by atoms with Crippen LogP contribution in [0.5, 0.6) is 0 Å². The molecule has 0 saturated carbocycles. The minimum Gasteiger partial charge on any atom is -0.389 e. The van der Waals surface area contributed by atoms with Gasteiger partial charge < -0.3 is 20.1 Å². The van der Waals surface area contributed by atoms with E-state index in [1.807, 2.05) is 45.0 Å². The molecule has 2 atom stereocenters. The van der Waals surface area contributed by atoms with Crippen molar-refractivity contribution in [3.8, 4) is 0 Å². The van der Waals surface area contributed by atoms with Crippen LogP contribution in [0.25, 0.3) is 0 Å². The van der Waals surface area contributed by atoms with Crippen LogP contribution >= 0.6 is 0 Å². The largest absolute Gasteiger partial charge is 0.389 e. The molecule has 0 aliphatic carbocycles. The number of aryl methyl sites for hydroxylation is 1. The number of aliphatic hydroxyl groups is 1. The maximum atomic E-state index is 12.7. The van der Waals surface area contributed by atoms with Gasteiger partial charge in [-0.25, -0.2) is 0 Å². The molecule has 0 unspecified atom stereocenters. The molecule has 0 bridgehead atoms. The van der Waals surface area contributed by atoms with Crippen molar-refractivity contribution in [2.75, 3.05) is 32.8 Å². The van der Waals surface area contributed by atoms with Gasteiger partial charge in [-0.2, -0.15) is 0 Å². The van der Waals surface area contributed by atoms with E-state index in [1.54, 1.807) is 4.90 Å². The summed E-state index contributed by atoms with van der Waals surface area (Å²) < 4.78 is 5.39. The minimum atomic E-state index is -0.721. The molecule has 1 aliphatic heterocycles. The van der Waals surface area contributed by atoms with Crippen molar-refractivity contribution in [1.29, 1.82) is 0 Å². The number of rotatable bonds is 8. The van der Waals surface area contributed by atoms with Gasteiger partial charge in [-0.05, 0) is 37.8 Å². The summed E-state index contributed by atoms with van der Waals surface area (Å²) in [4.78, 5) is 26.8. The van der Waals surface area contributed by atoms with Crippen LogP contribution in [-0.4, -0.2) is 60.8 Å². The molecule has 2 N–H and O–H groups in total. The number of piperidine rings is 1. The lowest BCUT2D eigenvalue weighted by molar-refractivity contribution is -0.127. The second kappa shape index (κ2) is 10.4. The van der Waals surface area contributed by atoms with E-state index in [4.69, 9.17) is 4.74 Å². The summed E-state index contributed by atoms with van der Waals surface area (Å²) >= 11 is 0. The summed E-state index contributed by atoms with van der Waals surface area (Å²) in [7, 11) is 0. The lowest BCUT2D eigenvalue weighted by Crippen LogP contribution is -2.47. The zero-order chi connectivity index (χ0) is 19.8. The normalized spacial score (nSPS) is 18.4. The van der Waals surface area contributed by atoms with Crippen LogP contribution in [0.2, 0.25) is 0 Å². The molecule has 1 aliphatic rings. The number of nitrogens with zero attached hydrogens (tertiary/aromatic N) is 1. The van der Waals surface area contributed by atoms with Gasteiger partial charge in [-0.1, -0.05) is 31.5 Å². The molecule has 6 heteroatoms. The Morgan fingerprint density at radius 3 is 2.63 bits per heavy atom. The first kappa shape index (κ1) is 21.4. The van der Waals surface area contributed by atoms with Crippen molar-refractivity contribution < 1.29 is 19.4 Å². The zero-order valence-corrected chi connectivity index (χ0v) is 16.6. The number of hydrogen-bond donors (Lipinski definition) is 2. The fourth-order valence-corrected chi connectivity index (χ4v) is 3.12. The molecule has 1 fully saturated rings. The third-order valence-corrected chi connectivity index (χ3v) is 4.65. The van der Waals surface area contributed by atoms with Crippen LogP contribution < -0.4 is 5.32 Å². The smallest absolute Gasteiger partial charge is 0.253 e. The lowest BCUT2D eigenvalue weighted by atomic mass is 9.96. The molecular weight excluding hydrogens is 344 g/mol. The maximum Gasteiger partial charge on any atom is 0.253 e. The Morgan fingerprint density at radius 1 is 1.26 bits per heavy atom. The number of carbonyl (C=O) groups excluding carboxylic acids is 2. The average Bonchev–Trinajstić information content (AvgIpc) is 2.66. The molecule has 6 nitrogen and oxygen atoms in total. The fraction of sp³-hybridized carbons (Fsp3) is 0.619. The second-order valence-electron chi connectivity index (χ2n) is 7.79. The average molecular weight is 376 g/mol. The number of amides is 2. The molecule has 150 valence electrons. The number of benzene rings is 1. The van der Waals surface area contributed by atoms with Crippen LogP contribution in [0.15, 0.2) is 24.3 Å². The van der Waals surface area contributed by atoms with Crippen LogP contribution in [0.1, 0.15) is 42.6 Å². The van der Waals surface area contributed by atoms with Gasteiger partial charge in [-0.3, -0.25) is 9.59 Å². The van der Waals surface area contributed by atoms with E-state index in [0.29, 0.717) is 31.2 Å². The molecule has 0 radical (unpaired) electrons. The lowest BCUT2D eigenvalue weighted by Gasteiger charge is -2.32. The molecule has 0 spiro atoms. The van der Waals surface area contributed by atoms with E-state index in [-0.39, 0.29) is 30.9 Å². The van der Waals surface area contributed by atoms with Gasteiger partial charge in [0, 0.05) is 31.8 Å². The molecule has 1 aromatic carbocycles. The van der Waals surface area contributed by atoms with Gasteiger partial charge in [0.1, 0.15) is 0 Å². The SMILES string of the molecule is Cc1ccc(C(=O)N2CCC[C@@H](C(=O)NC[C@H](O)COCC(C)C)C2)cc1. The first-order chi connectivity index (χ1) is 12.9. The molecular formula is C21H32N2O4. The van der Waals surface area contributed by atoms with E-state index < -0.39 is 6.10 Å². The summed E-state index contributed by atoms with van der Waals surface area (Å²) in [5, 5.41) is 12.7. The summed E-state index contributed by atoms with van der Waals surface area (Å²) in [6, 6.07) is 7.50. The highest BCUT2D eigenvalue weighted by Gasteiger charge is 2.29. The molecule has 0 aromatic heterocycles. The number of likely N-dealkylation sites (tertiary alicyclic amines) is 1. The molecule has 2 rings (SSSR count). The molecule has 1 heterocycles. The third kappa shape index (κ3) is 6.96. The number of ether oxygens (including phenoxy) is 1. The fourth-order valence-electron chi connectivity index (χ4n) is 3.12. The maximum absolute atomic E-state index is 12.7. The zero-order valence-electron chi connectivity index (χ0n) is 16.6. The van der Waals surface area contributed by atoms with Crippen molar-refractivity contribution in [3.05, 3.63) is 35.4 Å². The Bertz CT molecular complexity index is 615. The summed E-state index contributed by atoms with van der Waals surface area (Å²) in [6.07, 6.45) is 0.834. The summed E-state index contributed by atoms with van der Waals surface area (Å²) in [5.74, 6) is 0.0250. The minimum absolute atomic E-state index is 0.0328. The highest BCUT2D eigenvalue weighted by Crippen LogP contribution is 2.19. The van der Waals surface area contributed by atoms with Gasteiger partial charge >= 0.3 is 0 Å². The van der Waals surface area contributed by atoms with E-state index in [9.17, 15) is 14.7 Å². The molecule has 27 heavy (non-hydrogen) atoms. The number of hydrogen-bond acceptors (Lipinski definition) is 4. The topological polar surface area (TPSA) is 78.9 Å². The van der Waals surface area contributed by atoms with Gasteiger partial charge in [-0.15, -0.1) is 0 Å². The Kier molecular flexibility index (Phi) is 8.25. The van der Waals surface area contributed by atoms with Crippen LogP contribution in [0.4, 0.5) is 0 Å². The van der Waals surface area contributed by atoms with Crippen LogP contribution in [-0.2, 0) is 9.53 Å². The quantitative estimate of drug-likeness (QED) is 0.727. The molecule has 1 aromatic rings. The Balaban J connectivity index is 1.79. The predicted octanol–water partition coefficient (Wildman–Crippen LogP) is 2.00. The molecule has 1 saturated heterocycles. The Morgan fingerprint density at radius 2 is 1.96 bits per heavy atom. The second-order valence-corrected chi connectivity index (χ2v) is 7.79. The van der Waals surface area contributed by atoms with Crippen LogP contribution in [0.3, 0.4) is 0 Å². The van der Waals surface area contributed by atoms with Gasteiger partial charge in [0.15, 0.2) is 0 Å². The summed E-state index contributed by atoms with van der Waals surface area (Å²) in [6.45, 7) is 8.12. The van der Waals surface area contributed by atoms with Gasteiger partial charge in [0.25, 0.3) is 5.91 Å². The first-order valence-electron chi connectivity index (χ1n) is 9.76. The van der Waals surface area contributed by atoms with Gasteiger partial charge in [0.05, 0.1) is 18.6 Å². The third-order valence-electron chi connectivity index (χ3n) is 4.65. The first-order valence-corrected chi connectivity index (χ1v) is 9.76. The highest BCUT2D eigenvalue weighted by molar-refractivity contribution is 5.94.